The highest BCUT2D eigenvalue weighted by molar-refractivity contribution is 9.10. The summed E-state index contributed by atoms with van der Waals surface area (Å²) < 4.78 is 13.1. The van der Waals surface area contributed by atoms with Crippen LogP contribution in [0.3, 0.4) is 0 Å². The molecule has 1 aromatic heterocycles. The summed E-state index contributed by atoms with van der Waals surface area (Å²) in [7, 11) is 4.96. The Bertz CT molecular complexity index is 680. The molecular weight excluding hydrogens is 336 g/mol. The van der Waals surface area contributed by atoms with Crippen molar-refractivity contribution in [2.75, 3.05) is 19.5 Å². The van der Waals surface area contributed by atoms with Gasteiger partial charge in [-0.15, -0.1) is 0 Å². The second kappa shape index (κ2) is 6.22. The highest BCUT2D eigenvalue weighted by atomic mass is 79.9. The van der Waals surface area contributed by atoms with Gasteiger partial charge >= 0.3 is 0 Å². The van der Waals surface area contributed by atoms with Gasteiger partial charge in [-0.05, 0) is 40.5 Å². The number of carbonyl (C=O) groups excluding carboxylic acids is 1. The first-order valence-corrected chi connectivity index (χ1v) is 7.11. The number of hydrogen-bond donors (Lipinski definition) is 1. The molecule has 0 atom stereocenters. The molecule has 0 saturated carbocycles. The van der Waals surface area contributed by atoms with Crippen molar-refractivity contribution < 1.29 is 14.3 Å². The Morgan fingerprint density at radius 2 is 1.81 bits per heavy atom. The molecular formula is C15H17BrN2O3. The number of aromatic nitrogens is 1. The summed E-state index contributed by atoms with van der Waals surface area (Å²) in [6, 6.07) is 5.35. The standard InChI is InChI=1S/C15H17BrN2O3/c1-9-5-13(20-3)14(21-4)7-11(9)17-15(19)12-6-10(16)8-18(12)2/h5-8H,1-4H3,(H,17,19). The molecule has 0 bridgehead atoms. The summed E-state index contributed by atoms with van der Waals surface area (Å²) in [5, 5.41) is 2.89. The summed E-state index contributed by atoms with van der Waals surface area (Å²) in [6.07, 6.45) is 1.83. The zero-order valence-electron chi connectivity index (χ0n) is 12.4. The minimum Gasteiger partial charge on any atom is -0.493 e. The van der Waals surface area contributed by atoms with Gasteiger partial charge in [-0.1, -0.05) is 0 Å². The summed E-state index contributed by atoms with van der Waals surface area (Å²) >= 11 is 3.36. The number of methoxy groups -OCH3 is 2. The lowest BCUT2D eigenvalue weighted by Gasteiger charge is -2.13. The number of amides is 1. The number of nitrogens with zero attached hydrogens (tertiary/aromatic N) is 1. The van der Waals surface area contributed by atoms with Crippen LogP contribution in [0.15, 0.2) is 28.9 Å². The number of rotatable bonds is 4. The largest absolute Gasteiger partial charge is 0.493 e. The molecule has 1 aromatic carbocycles. The van der Waals surface area contributed by atoms with Gasteiger partial charge in [-0.3, -0.25) is 4.79 Å². The number of benzene rings is 1. The molecule has 112 valence electrons. The van der Waals surface area contributed by atoms with Crippen LogP contribution in [0.5, 0.6) is 11.5 Å². The molecule has 0 radical (unpaired) electrons. The van der Waals surface area contributed by atoms with Gasteiger partial charge in [0.1, 0.15) is 5.69 Å². The number of halogens is 1. The molecule has 1 amide bonds. The maximum Gasteiger partial charge on any atom is 0.272 e. The van der Waals surface area contributed by atoms with Crippen molar-refractivity contribution in [3.05, 3.63) is 40.1 Å². The molecule has 0 saturated heterocycles. The molecule has 2 rings (SSSR count). The predicted molar refractivity (Wildman–Crippen MR) is 85.3 cm³/mol. The van der Waals surface area contributed by atoms with E-state index in [1.165, 1.54) is 0 Å². The van der Waals surface area contributed by atoms with E-state index in [2.05, 4.69) is 21.2 Å². The third kappa shape index (κ3) is 3.21. The van der Waals surface area contributed by atoms with Crippen molar-refractivity contribution in [2.24, 2.45) is 7.05 Å². The Morgan fingerprint density at radius 3 is 2.33 bits per heavy atom. The molecule has 1 heterocycles. The van der Waals surface area contributed by atoms with Gasteiger partial charge in [-0.2, -0.15) is 0 Å². The van der Waals surface area contributed by atoms with Crippen LogP contribution in [0.1, 0.15) is 16.1 Å². The lowest BCUT2D eigenvalue weighted by atomic mass is 10.1. The fourth-order valence-electron chi connectivity index (χ4n) is 2.05. The van der Waals surface area contributed by atoms with Crippen LogP contribution in [0.2, 0.25) is 0 Å². The van der Waals surface area contributed by atoms with E-state index in [1.54, 1.807) is 30.9 Å². The van der Waals surface area contributed by atoms with E-state index in [0.717, 1.165) is 10.0 Å². The van der Waals surface area contributed by atoms with Gasteiger partial charge in [0, 0.05) is 29.5 Å². The Morgan fingerprint density at radius 1 is 1.19 bits per heavy atom. The average molecular weight is 353 g/mol. The summed E-state index contributed by atoms with van der Waals surface area (Å²) in [6.45, 7) is 1.90. The van der Waals surface area contributed by atoms with Crippen LogP contribution in [-0.2, 0) is 7.05 Å². The van der Waals surface area contributed by atoms with Gasteiger partial charge in [0.2, 0.25) is 0 Å². The normalized spacial score (nSPS) is 10.3. The second-order valence-corrected chi connectivity index (χ2v) is 5.55. The Hall–Kier alpha value is -1.95. The minimum absolute atomic E-state index is 0.182. The molecule has 0 spiro atoms. The third-order valence-electron chi connectivity index (χ3n) is 3.18. The van der Waals surface area contributed by atoms with E-state index in [1.807, 2.05) is 26.2 Å². The van der Waals surface area contributed by atoms with Gasteiger partial charge in [0.25, 0.3) is 5.91 Å². The topological polar surface area (TPSA) is 52.5 Å². The molecule has 6 heteroatoms. The molecule has 0 aliphatic rings. The van der Waals surface area contributed by atoms with Crippen LogP contribution in [-0.4, -0.2) is 24.7 Å². The number of nitrogens with one attached hydrogen (secondary N) is 1. The van der Waals surface area contributed by atoms with Crippen LogP contribution < -0.4 is 14.8 Å². The van der Waals surface area contributed by atoms with Crippen LogP contribution in [0, 0.1) is 6.92 Å². The summed E-state index contributed by atoms with van der Waals surface area (Å²) in [5.41, 5.74) is 2.15. The maximum atomic E-state index is 12.3. The first-order chi connectivity index (χ1) is 9.96. The maximum absolute atomic E-state index is 12.3. The predicted octanol–water partition coefficient (Wildman–Crippen LogP) is 3.37. The van der Waals surface area contributed by atoms with Crippen molar-refractivity contribution in [1.29, 1.82) is 0 Å². The van der Waals surface area contributed by atoms with E-state index in [4.69, 9.17) is 9.47 Å². The van der Waals surface area contributed by atoms with Crippen molar-refractivity contribution in [1.82, 2.24) is 4.57 Å². The summed E-state index contributed by atoms with van der Waals surface area (Å²) in [5.74, 6) is 1.03. The number of ether oxygens (including phenoxy) is 2. The highest BCUT2D eigenvalue weighted by Crippen LogP contribution is 2.33. The van der Waals surface area contributed by atoms with Gasteiger partial charge in [0.15, 0.2) is 11.5 Å². The smallest absolute Gasteiger partial charge is 0.272 e. The fraction of sp³-hybridized carbons (Fsp3) is 0.267. The molecule has 2 aromatic rings. The SMILES string of the molecule is COc1cc(C)c(NC(=O)c2cc(Br)cn2C)cc1OC. The highest BCUT2D eigenvalue weighted by Gasteiger charge is 2.14. The fourth-order valence-corrected chi connectivity index (χ4v) is 2.58. The van der Waals surface area contributed by atoms with E-state index >= 15 is 0 Å². The lowest BCUT2D eigenvalue weighted by Crippen LogP contribution is -2.16. The van der Waals surface area contributed by atoms with E-state index < -0.39 is 0 Å². The van der Waals surface area contributed by atoms with Gasteiger partial charge in [0.05, 0.1) is 14.2 Å². The first-order valence-electron chi connectivity index (χ1n) is 6.32. The molecule has 0 unspecified atom stereocenters. The number of hydrogen-bond acceptors (Lipinski definition) is 3. The van der Waals surface area contributed by atoms with Crippen molar-refractivity contribution >= 4 is 27.5 Å². The number of carbonyl (C=O) groups is 1. The van der Waals surface area contributed by atoms with Crippen LogP contribution in [0.4, 0.5) is 5.69 Å². The molecule has 0 aliphatic carbocycles. The molecule has 21 heavy (non-hydrogen) atoms. The number of anilines is 1. The third-order valence-corrected chi connectivity index (χ3v) is 3.62. The van der Waals surface area contributed by atoms with Gasteiger partial charge < -0.3 is 19.4 Å². The number of aryl methyl sites for hydroxylation is 2. The quantitative estimate of drug-likeness (QED) is 0.917. The Balaban J connectivity index is 2.31. The van der Waals surface area contributed by atoms with Gasteiger partial charge in [-0.25, -0.2) is 0 Å². The summed E-state index contributed by atoms with van der Waals surface area (Å²) in [4.78, 5) is 12.3. The van der Waals surface area contributed by atoms with Crippen molar-refractivity contribution in [3.63, 3.8) is 0 Å². The van der Waals surface area contributed by atoms with E-state index in [9.17, 15) is 4.79 Å². The van der Waals surface area contributed by atoms with Crippen molar-refractivity contribution in [3.8, 4) is 11.5 Å². The van der Waals surface area contributed by atoms with Crippen LogP contribution in [0.25, 0.3) is 0 Å². The monoisotopic (exact) mass is 352 g/mol. The Labute approximate surface area is 132 Å². The first kappa shape index (κ1) is 15.4. The molecule has 0 aliphatic heterocycles. The van der Waals surface area contributed by atoms with Crippen molar-refractivity contribution in [2.45, 2.75) is 6.92 Å². The van der Waals surface area contributed by atoms with Crippen LogP contribution >= 0.6 is 15.9 Å². The molecule has 5 nitrogen and oxygen atoms in total. The van der Waals surface area contributed by atoms with E-state index in [-0.39, 0.29) is 5.91 Å². The molecule has 0 fully saturated rings. The van der Waals surface area contributed by atoms with E-state index in [0.29, 0.717) is 22.9 Å². The second-order valence-electron chi connectivity index (χ2n) is 4.63. The molecule has 1 N–H and O–H groups in total. The Kier molecular flexibility index (Phi) is 4.57. The zero-order valence-corrected chi connectivity index (χ0v) is 13.9. The zero-order chi connectivity index (χ0) is 15.6. The minimum atomic E-state index is -0.182. The average Bonchev–Trinajstić information content (AvgIpc) is 2.79. The lowest BCUT2D eigenvalue weighted by molar-refractivity contribution is 0.101.